The van der Waals surface area contributed by atoms with Gasteiger partial charge >= 0.3 is 0 Å². The van der Waals surface area contributed by atoms with Crippen LogP contribution in [-0.4, -0.2) is 18.3 Å². The maximum Gasteiger partial charge on any atom is 0.186 e. The number of hydrogen-bond acceptors (Lipinski definition) is 4. The first-order valence-electron chi connectivity index (χ1n) is 5.94. The van der Waals surface area contributed by atoms with Gasteiger partial charge in [-0.1, -0.05) is 35.1 Å². The molecule has 1 atom stereocenters. The second-order valence-electron chi connectivity index (χ2n) is 4.41. The molecule has 0 fully saturated rings. The average molecular weight is 295 g/mol. The number of halogens is 1. The monoisotopic (exact) mass is 294 g/mol. The molecular weight excluding hydrogens is 280 g/mol. The lowest BCUT2D eigenvalue weighted by atomic mass is 10.1. The molecule has 0 saturated carbocycles. The van der Waals surface area contributed by atoms with Crippen molar-refractivity contribution >= 4 is 34.4 Å². The predicted octanol–water partition coefficient (Wildman–Crippen LogP) is 4.11. The predicted molar refractivity (Wildman–Crippen MR) is 80.5 cm³/mol. The van der Waals surface area contributed by atoms with Gasteiger partial charge in [0.2, 0.25) is 0 Å². The third-order valence-corrected chi connectivity index (χ3v) is 4.55. The van der Waals surface area contributed by atoms with Crippen LogP contribution in [0.1, 0.15) is 33.9 Å². The molecule has 1 heterocycles. The van der Waals surface area contributed by atoms with Crippen LogP contribution in [-0.2, 0) is 0 Å². The molecule has 0 spiro atoms. The molecule has 0 amide bonds. The highest BCUT2D eigenvalue weighted by molar-refractivity contribution is 7.17. The topological polar surface area (TPSA) is 33.2 Å². The van der Waals surface area contributed by atoms with Crippen molar-refractivity contribution in [2.75, 3.05) is 11.9 Å². The highest BCUT2D eigenvalue weighted by Crippen LogP contribution is 2.30. The largest absolute Gasteiger partial charge is 0.344 e. The van der Waals surface area contributed by atoms with E-state index in [0.29, 0.717) is 4.88 Å². The Hall–Kier alpha value is -1.39. The van der Waals surface area contributed by atoms with Crippen LogP contribution in [0.15, 0.2) is 24.3 Å². The summed E-state index contributed by atoms with van der Waals surface area (Å²) in [5.74, 6) is 0. The Morgan fingerprint density at radius 1 is 1.47 bits per heavy atom. The van der Waals surface area contributed by atoms with E-state index in [-0.39, 0.29) is 6.04 Å². The van der Waals surface area contributed by atoms with Crippen molar-refractivity contribution in [3.8, 4) is 0 Å². The Kier molecular flexibility index (Phi) is 4.22. The normalized spacial score (nSPS) is 12.2. The van der Waals surface area contributed by atoms with Gasteiger partial charge in [-0.2, -0.15) is 0 Å². The number of benzene rings is 1. The smallest absolute Gasteiger partial charge is 0.186 e. The number of aryl methyl sites for hydroxylation is 1. The van der Waals surface area contributed by atoms with E-state index in [4.69, 9.17) is 11.6 Å². The van der Waals surface area contributed by atoms with E-state index in [1.54, 1.807) is 0 Å². The molecule has 0 saturated heterocycles. The van der Waals surface area contributed by atoms with E-state index >= 15 is 0 Å². The molecule has 0 aliphatic rings. The van der Waals surface area contributed by atoms with Gasteiger partial charge in [-0.25, -0.2) is 4.98 Å². The van der Waals surface area contributed by atoms with Gasteiger partial charge in [-0.15, -0.1) is 0 Å². The van der Waals surface area contributed by atoms with Gasteiger partial charge in [0, 0.05) is 12.1 Å². The van der Waals surface area contributed by atoms with Crippen LogP contribution in [0.2, 0.25) is 5.02 Å². The Balaban J connectivity index is 2.27. The van der Waals surface area contributed by atoms with Gasteiger partial charge in [-0.05, 0) is 31.5 Å². The van der Waals surface area contributed by atoms with Gasteiger partial charge < -0.3 is 4.90 Å². The zero-order chi connectivity index (χ0) is 14.0. The lowest BCUT2D eigenvalue weighted by Gasteiger charge is -2.24. The summed E-state index contributed by atoms with van der Waals surface area (Å²) in [5, 5.41) is 1.56. The molecule has 1 aromatic heterocycles. The van der Waals surface area contributed by atoms with Crippen LogP contribution in [0.4, 0.5) is 5.13 Å². The van der Waals surface area contributed by atoms with Crippen LogP contribution in [0.5, 0.6) is 0 Å². The van der Waals surface area contributed by atoms with E-state index in [1.165, 1.54) is 11.3 Å². The fourth-order valence-corrected chi connectivity index (χ4v) is 2.93. The summed E-state index contributed by atoms with van der Waals surface area (Å²) in [7, 11) is 1.97. The Morgan fingerprint density at radius 2 is 2.21 bits per heavy atom. The lowest BCUT2D eigenvalue weighted by molar-refractivity contribution is 0.112. The van der Waals surface area contributed by atoms with Gasteiger partial charge in [0.25, 0.3) is 0 Å². The molecule has 0 N–H and O–H groups in total. The number of thiazole rings is 1. The van der Waals surface area contributed by atoms with Gasteiger partial charge in [0.05, 0.1) is 16.6 Å². The van der Waals surface area contributed by atoms with Crippen molar-refractivity contribution in [2.45, 2.75) is 19.9 Å². The van der Waals surface area contributed by atoms with Crippen LogP contribution >= 0.6 is 22.9 Å². The summed E-state index contributed by atoms with van der Waals surface area (Å²) >= 11 is 7.42. The van der Waals surface area contributed by atoms with Crippen LogP contribution < -0.4 is 4.90 Å². The fraction of sp³-hybridized carbons (Fsp3) is 0.286. The molecule has 5 heteroatoms. The molecule has 2 rings (SSSR count). The lowest BCUT2D eigenvalue weighted by Crippen LogP contribution is -2.21. The Labute approximate surface area is 121 Å². The molecule has 0 aliphatic carbocycles. The third-order valence-electron chi connectivity index (χ3n) is 3.14. The summed E-state index contributed by atoms with van der Waals surface area (Å²) < 4.78 is 0. The van der Waals surface area contributed by atoms with Crippen molar-refractivity contribution in [1.82, 2.24) is 4.98 Å². The molecule has 1 unspecified atom stereocenters. The number of aldehydes is 1. The Bertz CT molecular complexity index is 597. The molecule has 0 aliphatic heterocycles. The van der Waals surface area contributed by atoms with Crippen molar-refractivity contribution in [3.63, 3.8) is 0 Å². The fourth-order valence-electron chi connectivity index (χ4n) is 1.81. The second-order valence-corrected chi connectivity index (χ2v) is 5.85. The molecule has 2 aromatic rings. The maximum absolute atomic E-state index is 10.9. The summed E-state index contributed by atoms with van der Waals surface area (Å²) in [4.78, 5) is 18.0. The van der Waals surface area contributed by atoms with E-state index in [9.17, 15) is 4.79 Å². The van der Waals surface area contributed by atoms with Crippen molar-refractivity contribution < 1.29 is 4.79 Å². The SMILES string of the molecule is Cc1nc(N(C)C(C)c2cccc(Cl)c2)sc1C=O. The molecule has 100 valence electrons. The number of nitrogens with zero attached hydrogens (tertiary/aromatic N) is 2. The number of carbonyl (C=O) groups excluding carboxylic acids is 1. The number of rotatable bonds is 4. The first-order valence-corrected chi connectivity index (χ1v) is 7.13. The molecule has 19 heavy (non-hydrogen) atoms. The zero-order valence-electron chi connectivity index (χ0n) is 11.1. The first-order chi connectivity index (χ1) is 9.02. The number of hydrogen-bond donors (Lipinski definition) is 0. The molecule has 1 aromatic carbocycles. The van der Waals surface area contributed by atoms with Gasteiger partial charge in [0.15, 0.2) is 11.4 Å². The van der Waals surface area contributed by atoms with Crippen molar-refractivity contribution in [1.29, 1.82) is 0 Å². The second kappa shape index (κ2) is 5.72. The van der Waals surface area contributed by atoms with E-state index < -0.39 is 0 Å². The van der Waals surface area contributed by atoms with Crippen LogP contribution in [0.3, 0.4) is 0 Å². The zero-order valence-corrected chi connectivity index (χ0v) is 12.6. The number of anilines is 1. The van der Waals surface area contributed by atoms with Crippen LogP contribution in [0.25, 0.3) is 0 Å². The van der Waals surface area contributed by atoms with Crippen LogP contribution in [0, 0.1) is 6.92 Å². The van der Waals surface area contributed by atoms with E-state index in [1.807, 2.05) is 38.2 Å². The minimum atomic E-state index is 0.142. The molecule has 0 radical (unpaired) electrons. The minimum absolute atomic E-state index is 0.142. The summed E-state index contributed by atoms with van der Waals surface area (Å²) in [5.41, 5.74) is 1.90. The molecular formula is C14H15ClN2OS. The first kappa shape index (κ1) is 14.0. The molecule has 3 nitrogen and oxygen atoms in total. The van der Waals surface area contributed by atoms with Crippen molar-refractivity contribution in [2.24, 2.45) is 0 Å². The Morgan fingerprint density at radius 3 is 2.79 bits per heavy atom. The summed E-state index contributed by atoms with van der Waals surface area (Å²) in [6.07, 6.45) is 0.856. The average Bonchev–Trinajstić information content (AvgIpc) is 2.78. The van der Waals surface area contributed by atoms with Gasteiger partial charge in [0.1, 0.15) is 0 Å². The third kappa shape index (κ3) is 2.96. The van der Waals surface area contributed by atoms with E-state index in [2.05, 4.69) is 16.8 Å². The quantitative estimate of drug-likeness (QED) is 0.796. The summed E-state index contributed by atoms with van der Waals surface area (Å²) in [6.45, 7) is 3.94. The highest BCUT2D eigenvalue weighted by atomic mass is 35.5. The van der Waals surface area contributed by atoms with Gasteiger partial charge in [-0.3, -0.25) is 4.79 Å². The molecule has 0 bridgehead atoms. The minimum Gasteiger partial charge on any atom is -0.344 e. The number of aromatic nitrogens is 1. The van der Waals surface area contributed by atoms with Crippen molar-refractivity contribution in [3.05, 3.63) is 45.4 Å². The number of carbonyl (C=O) groups is 1. The highest BCUT2D eigenvalue weighted by Gasteiger charge is 2.17. The maximum atomic E-state index is 10.9. The van der Waals surface area contributed by atoms with E-state index in [0.717, 1.165) is 27.7 Å². The summed E-state index contributed by atoms with van der Waals surface area (Å²) in [6, 6.07) is 7.92. The standard InChI is InChI=1S/C14H15ClN2OS/c1-9-13(8-18)19-14(16-9)17(3)10(2)11-5-4-6-12(15)7-11/h4-8,10H,1-3H3.